The molecule has 4 heteroatoms. The van der Waals surface area contributed by atoms with Crippen molar-refractivity contribution in [1.82, 2.24) is 5.32 Å². The second kappa shape index (κ2) is 7.95. The highest BCUT2D eigenvalue weighted by Gasteiger charge is 2.17. The predicted octanol–water partition coefficient (Wildman–Crippen LogP) is 4.68. The summed E-state index contributed by atoms with van der Waals surface area (Å²) in [7, 11) is 0. The maximum Gasteiger partial charge on any atom is 0.143 e. The van der Waals surface area contributed by atoms with Gasteiger partial charge < -0.3 is 5.32 Å². The predicted molar refractivity (Wildman–Crippen MR) is 79.3 cm³/mol. The molecule has 0 saturated heterocycles. The topological polar surface area (TPSA) is 12.0 Å². The Morgan fingerprint density at radius 2 is 1.89 bits per heavy atom. The maximum atomic E-state index is 13.9. The van der Waals surface area contributed by atoms with Crippen LogP contribution in [0.2, 0.25) is 0 Å². The Morgan fingerprint density at radius 3 is 2.47 bits per heavy atom. The minimum absolute atomic E-state index is 0.116. The van der Waals surface area contributed by atoms with Gasteiger partial charge in [-0.2, -0.15) is 0 Å². The molecule has 0 aromatic heterocycles. The largest absolute Gasteiger partial charge is 0.314 e. The van der Waals surface area contributed by atoms with E-state index in [1.807, 2.05) is 6.92 Å². The fourth-order valence-corrected chi connectivity index (χ4v) is 2.47. The van der Waals surface area contributed by atoms with Gasteiger partial charge in [-0.15, -0.1) is 0 Å². The standard InChI is InChI=1S/C15H22BrF2N/c1-4-19-11(6-5-10(2)3)9-12-14(17)8-7-13(16)15(12)18/h7-8,10-11,19H,4-6,9H2,1-3H3. The molecule has 0 aliphatic rings. The lowest BCUT2D eigenvalue weighted by Crippen LogP contribution is -2.32. The quantitative estimate of drug-likeness (QED) is 0.714. The minimum atomic E-state index is -0.479. The van der Waals surface area contributed by atoms with Gasteiger partial charge in [-0.05, 0) is 59.8 Å². The van der Waals surface area contributed by atoms with Gasteiger partial charge in [0, 0.05) is 11.6 Å². The third kappa shape index (κ3) is 5.19. The zero-order valence-electron chi connectivity index (χ0n) is 11.8. The van der Waals surface area contributed by atoms with Crippen LogP contribution in [0.4, 0.5) is 8.78 Å². The summed E-state index contributed by atoms with van der Waals surface area (Å²) in [4.78, 5) is 0. The molecule has 1 rings (SSSR count). The summed E-state index contributed by atoms with van der Waals surface area (Å²) >= 11 is 3.11. The van der Waals surface area contributed by atoms with Crippen molar-refractivity contribution in [3.8, 4) is 0 Å². The average molecular weight is 334 g/mol. The summed E-state index contributed by atoms with van der Waals surface area (Å²) in [6.45, 7) is 7.13. The van der Waals surface area contributed by atoms with E-state index >= 15 is 0 Å². The number of halogens is 3. The smallest absolute Gasteiger partial charge is 0.143 e. The highest BCUT2D eigenvalue weighted by molar-refractivity contribution is 9.10. The molecule has 1 nitrogen and oxygen atoms in total. The van der Waals surface area contributed by atoms with Crippen molar-refractivity contribution >= 4 is 15.9 Å². The van der Waals surface area contributed by atoms with Crippen molar-refractivity contribution in [2.45, 2.75) is 46.1 Å². The number of rotatable bonds is 7. The van der Waals surface area contributed by atoms with Crippen molar-refractivity contribution in [3.05, 3.63) is 33.8 Å². The zero-order valence-corrected chi connectivity index (χ0v) is 13.4. The van der Waals surface area contributed by atoms with Crippen LogP contribution in [0.5, 0.6) is 0 Å². The van der Waals surface area contributed by atoms with Crippen LogP contribution in [0.1, 0.15) is 39.2 Å². The fraction of sp³-hybridized carbons (Fsp3) is 0.600. The molecular weight excluding hydrogens is 312 g/mol. The Bertz CT molecular complexity index is 407. The molecule has 0 aliphatic carbocycles. The molecule has 1 aromatic rings. The minimum Gasteiger partial charge on any atom is -0.314 e. The Hall–Kier alpha value is -0.480. The van der Waals surface area contributed by atoms with E-state index in [4.69, 9.17) is 0 Å². The van der Waals surface area contributed by atoms with Crippen molar-refractivity contribution in [3.63, 3.8) is 0 Å². The van der Waals surface area contributed by atoms with Crippen molar-refractivity contribution in [2.75, 3.05) is 6.54 Å². The number of benzene rings is 1. The van der Waals surface area contributed by atoms with Gasteiger partial charge in [0.25, 0.3) is 0 Å². The van der Waals surface area contributed by atoms with Gasteiger partial charge in [-0.25, -0.2) is 8.78 Å². The Morgan fingerprint density at radius 1 is 1.21 bits per heavy atom. The first-order valence-electron chi connectivity index (χ1n) is 6.81. The van der Waals surface area contributed by atoms with Crippen molar-refractivity contribution in [2.24, 2.45) is 5.92 Å². The van der Waals surface area contributed by atoms with Gasteiger partial charge in [-0.3, -0.25) is 0 Å². The van der Waals surface area contributed by atoms with E-state index in [0.717, 1.165) is 19.4 Å². The summed E-state index contributed by atoms with van der Waals surface area (Å²) in [5.41, 5.74) is 0.170. The summed E-state index contributed by atoms with van der Waals surface area (Å²) in [6, 6.07) is 2.84. The molecule has 19 heavy (non-hydrogen) atoms. The van der Waals surface area contributed by atoms with Crippen LogP contribution in [-0.2, 0) is 6.42 Å². The molecule has 108 valence electrons. The van der Waals surface area contributed by atoms with Gasteiger partial charge >= 0.3 is 0 Å². The zero-order chi connectivity index (χ0) is 14.4. The molecule has 0 bridgehead atoms. The maximum absolute atomic E-state index is 13.9. The number of hydrogen-bond donors (Lipinski definition) is 1. The first-order valence-corrected chi connectivity index (χ1v) is 7.60. The molecule has 1 aromatic carbocycles. The Labute approximate surface area is 122 Å². The molecule has 0 amide bonds. The summed E-state index contributed by atoms with van der Waals surface area (Å²) < 4.78 is 28.0. The van der Waals surface area contributed by atoms with Crippen LogP contribution in [0.3, 0.4) is 0 Å². The van der Waals surface area contributed by atoms with Crippen LogP contribution in [0, 0.1) is 17.6 Å². The van der Waals surface area contributed by atoms with Gasteiger partial charge in [0.15, 0.2) is 0 Å². The third-order valence-corrected chi connectivity index (χ3v) is 3.79. The van der Waals surface area contributed by atoms with Crippen LogP contribution in [0.25, 0.3) is 0 Å². The van der Waals surface area contributed by atoms with E-state index in [-0.39, 0.29) is 11.6 Å². The number of likely N-dealkylation sites (N-methyl/N-ethyl adjacent to an activating group) is 1. The van der Waals surface area contributed by atoms with E-state index in [0.29, 0.717) is 16.8 Å². The molecule has 1 unspecified atom stereocenters. The lowest BCUT2D eigenvalue weighted by molar-refractivity contribution is 0.422. The van der Waals surface area contributed by atoms with E-state index in [9.17, 15) is 8.78 Å². The lowest BCUT2D eigenvalue weighted by Gasteiger charge is -2.20. The van der Waals surface area contributed by atoms with Crippen LogP contribution >= 0.6 is 15.9 Å². The van der Waals surface area contributed by atoms with Gasteiger partial charge in [0.05, 0.1) is 4.47 Å². The number of hydrogen-bond acceptors (Lipinski definition) is 1. The molecule has 0 aliphatic heterocycles. The summed E-state index contributed by atoms with van der Waals surface area (Å²) in [5.74, 6) is -0.348. The number of nitrogens with one attached hydrogen (secondary N) is 1. The summed E-state index contributed by atoms with van der Waals surface area (Å²) in [5, 5.41) is 3.31. The second-order valence-electron chi connectivity index (χ2n) is 5.25. The molecule has 0 radical (unpaired) electrons. The molecule has 0 spiro atoms. The molecular formula is C15H22BrF2N. The van der Waals surface area contributed by atoms with Crippen LogP contribution < -0.4 is 5.32 Å². The van der Waals surface area contributed by atoms with E-state index in [2.05, 4.69) is 35.1 Å². The third-order valence-electron chi connectivity index (χ3n) is 3.17. The lowest BCUT2D eigenvalue weighted by atomic mass is 9.97. The first-order chi connectivity index (χ1) is 8.95. The molecule has 0 heterocycles. The summed E-state index contributed by atoms with van der Waals surface area (Å²) in [6.07, 6.45) is 2.36. The average Bonchev–Trinajstić information content (AvgIpc) is 2.36. The van der Waals surface area contributed by atoms with E-state index in [1.165, 1.54) is 12.1 Å². The first kappa shape index (κ1) is 16.6. The van der Waals surface area contributed by atoms with Gasteiger partial charge in [0.2, 0.25) is 0 Å². The SMILES string of the molecule is CCNC(CCC(C)C)Cc1c(F)ccc(Br)c1F. The van der Waals surface area contributed by atoms with Crippen molar-refractivity contribution in [1.29, 1.82) is 0 Å². The van der Waals surface area contributed by atoms with Crippen molar-refractivity contribution < 1.29 is 8.78 Å². The van der Waals surface area contributed by atoms with Crippen LogP contribution in [0.15, 0.2) is 16.6 Å². The Balaban J connectivity index is 2.81. The molecule has 0 fully saturated rings. The van der Waals surface area contributed by atoms with Gasteiger partial charge in [-0.1, -0.05) is 20.8 Å². The van der Waals surface area contributed by atoms with E-state index in [1.54, 1.807) is 0 Å². The molecule has 0 saturated carbocycles. The highest BCUT2D eigenvalue weighted by atomic mass is 79.9. The molecule has 1 atom stereocenters. The van der Waals surface area contributed by atoms with Crippen LogP contribution in [-0.4, -0.2) is 12.6 Å². The van der Waals surface area contributed by atoms with E-state index < -0.39 is 11.6 Å². The second-order valence-corrected chi connectivity index (χ2v) is 6.11. The molecule has 1 N–H and O–H groups in total. The monoisotopic (exact) mass is 333 g/mol. The van der Waals surface area contributed by atoms with Gasteiger partial charge in [0.1, 0.15) is 11.6 Å². The fourth-order valence-electron chi connectivity index (χ4n) is 2.10. The normalized spacial score (nSPS) is 13.0. The Kier molecular flexibility index (Phi) is 6.94. The highest BCUT2D eigenvalue weighted by Crippen LogP contribution is 2.23.